The van der Waals surface area contributed by atoms with Gasteiger partial charge in [-0.05, 0) is 43.9 Å². The number of unbranched alkanes of at least 4 members (excludes halogenated alkanes) is 2. The first-order valence-electron chi connectivity index (χ1n) is 7.81. The van der Waals surface area contributed by atoms with E-state index in [0.29, 0.717) is 37.3 Å². The predicted octanol–water partition coefficient (Wildman–Crippen LogP) is 3.03. The second-order valence-corrected chi connectivity index (χ2v) is 5.44. The predicted molar refractivity (Wildman–Crippen MR) is 89.8 cm³/mol. The van der Waals surface area contributed by atoms with Gasteiger partial charge in [-0.1, -0.05) is 18.7 Å². The van der Waals surface area contributed by atoms with Crippen LogP contribution in [-0.2, 0) is 25.5 Å². The molecule has 2 N–H and O–H groups in total. The molecule has 0 aromatic heterocycles. The molecule has 0 radical (unpaired) electrons. The molecule has 0 aliphatic heterocycles. The minimum atomic E-state index is -0.369. The molecule has 0 atom stereocenters. The van der Waals surface area contributed by atoms with E-state index in [9.17, 15) is 9.59 Å². The fraction of sp³-hybridized carbons (Fsp3) is 0.444. The molecular formula is C18H25NO4. The lowest BCUT2D eigenvalue weighted by atomic mass is 10.1. The first-order chi connectivity index (χ1) is 11.0. The van der Waals surface area contributed by atoms with Gasteiger partial charge in [0.25, 0.3) is 0 Å². The lowest BCUT2D eigenvalue weighted by Gasteiger charge is -2.06. The average molecular weight is 319 g/mol. The number of nitrogen functional groups attached to an aromatic ring is 1. The summed E-state index contributed by atoms with van der Waals surface area (Å²) in [4.78, 5) is 22.7. The second kappa shape index (κ2) is 10.4. The zero-order chi connectivity index (χ0) is 17.1. The fourth-order valence-electron chi connectivity index (χ4n) is 1.94. The Kier molecular flexibility index (Phi) is 8.50. The molecule has 1 aromatic carbocycles. The van der Waals surface area contributed by atoms with Crippen LogP contribution in [0.5, 0.6) is 0 Å². The summed E-state index contributed by atoms with van der Waals surface area (Å²) in [5.41, 5.74) is 7.85. The number of hydrogen-bond donors (Lipinski definition) is 1. The quantitative estimate of drug-likeness (QED) is 0.310. The molecule has 0 saturated carbocycles. The van der Waals surface area contributed by atoms with Gasteiger partial charge in [-0.15, -0.1) is 0 Å². The van der Waals surface area contributed by atoms with Crippen LogP contribution >= 0.6 is 0 Å². The van der Waals surface area contributed by atoms with Crippen LogP contribution in [0.25, 0.3) is 0 Å². The molecule has 0 fully saturated rings. The van der Waals surface area contributed by atoms with E-state index < -0.39 is 0 Å². The maximum atomic E-state index is 11.6. The Labute approximate surface area is 137 Å². The molecule has 1 rings (SSSR count). The van der Waals surface area contributed by atoms with Gasteiger partial charge in [0.15, 0.2) is 0 Å². The van der Waals surface area contributed by atoms with Gasteiger partial charge >= 0.3 is 11.9 Å². The second-order valence-electron chi connectivity index (χ2n) is 5.44. The number of carbonyl (C=O) groups is 2. The summed E-state index contributed by atoms with van der Waals surface area (Å²) in [7, 11) is 0. The van der Waals surface area contributed by atoms with E-state index in [0.717, 1.165) is 24.8 Å². The summed E-state index contributed by atoms with van der Waals surface area (Å²) >= 11 is 0. The first kappa shape index (κ1) is 18.7. The Morgan fingerprint density at radius 1 is 1.13 bits per heavy atom. The summed E-state index contributed by atoms with van der Waals surface area (Å²) in [6.07, 6.45) is 3.31. The number of anilines is 1. The van der Waals surface area contributed by atoms with Crippen molar-refractivity contribution in [3.05, 3.63) is 42.0 Å². The first-order valence-corrected chi connectivity index (χ1v) is 7.81. The summed E-state index contributed by atoms with van der Waals surface area (Å²) in [5, 5.41) is 0. The van der Waals surface area contributed by atoms with Crippen molar-refractivity contribution in [1.82, 2.24) is 0 Å². The van der Waals surface area contributed by atoms with Crippen molar-refractivity contribution in [1.29, 1.82) is 0 Å². The molecule has 5 heteroatoms. The van der Waals surface area contributed by atoms with Crippen LogP contribution in [0.3, 0.4) is 0 Å². The zero-order valence-corrected chi connectivity index (χ0v) is 13.7. The van der Waals surface area contributed by atoms with Gasteiger partial charge in [0.05, 0.1) is 13.2 Å². The highest BCUT2D eigenvalue weighted by atomic mass is 16.5. The number of carbonyl (C=O) groups excluding carboxylic acids is 2. The minimum Gasteiger partial charge on any atom is -0.465 e. The molecular weight excluding hydrogens is 294 g/mol. The Morgan fingerprint density at radius 3 is 2.61 bits per heavy atom. The van der Waals surface area contributed by atoms with Gasteiger partial charge in [-0.3, -0.25) is 4.79 Å². The van der Waals surface area contributed by atoms with Crippen LogP contribution in [0.4, 0.5) is 5.69 Å². The van der Waals surface area contributed by atoms with Crippen molar-refractivity contribution in [2.45, 2.75) is 39.0 Å². The maximum Gasteiger partial charge on any atom is 0.333 e. The number of esters is 2. The van der Waals surface area contributed by atoms with Gasteiger partial charge in [0.2, 0.25) is 0 Å². The lowest BCUT2D eigenvalue weighted by Crippen LogP contribution is -2.08. The highest BCUT2D eigenvalue weighted by Gasteiger charge is 2.05. The standard InChI is InChI=1S/C18H25NO4/c1-14(2)18(21)23-11-5-3-4-9-17(20)22-12-10-15-7-6-8-16(19)13-15/h6-8,13H,1,3-5,9-12,19H2,2H3. The molecule has 23 heavy (non-hydrogen) atoms. The number of nitrogens with two attached hydrogens (primary N) is 1. The van der Waals surface area contributed by atoms with Crippen molar-refractivity contribution in [2.75, 3.05) is 18.9 Å². The number of hydrogen-bond acceptors (Lipinski definition) is 5. The number of ether oxygens (including phenoxy) is 2. The van der Waals surface area contributed by atoms with E-state index in [1.54, 1.807) is 6.92 Å². The Hall–Kier alpha value is -2.30. The third-order valence-corrected chi connectivity index (χ3v) is 3.21. The van der Waals surface area contributed by atoms with Crippen LogP contribution in [0, 0.1) is 0 Å². The molecule has 0 spiro atoms. The van der Waals surface area contributed by atoms with E-state index >= 15 is 0 Å². The van der Waals surface area contributed by atoms with Crippen LogP contribution in [-0.4, -0.2) is 25.2 Å². The van der Waals surface area contributed by atoms with E-state index in [-0.39, 0.29) is 11.9 Å². The van der Waals surface area contributed by atoms with E-state index in [1.165, 1.54) is 0 Å². The maximum absolute atomic E-state index is 11.6. The molecule has 126 valence electrons. The SMILES string of the molecule is C=C(C)C(=O)OCCCCCC(=O)OCCc1cccc(N)c1. The van der Waals surface area contributed by atoms with Gasteiger partial charge < -0.3 is 15.2 Å². The number of benzene rings is 1. The minimum absolute atomic E-state index is 0.201. The number of rotatable bonds is 10. The third kappa shape index (κ3) is 8.66. The molecule has 0 saturated heterocycles. The molecule has 1 aromatic rings. The van der Waals surface area contributed by atoms with Gasteiger partial charge in [0, 0.05) is 24.1 Å². The molecule has 0 heterocycles. The third-order valence-electron chi connectivity index (χ3n) is 3.21. The monoisotopic (exact) mass is 319 g/mol. The van der Waals surface area contributed by atoms with Crippen LogP contribution < -0.4 is 5.73 Å². The highest BCUT2D eigenvalue weighted by molar-refractivity contribution is 5.86. The average Bonchev–Trinajstić information content (AvgIpc) is 2.50. The van der Waals surface area contributed by atoms with Gasteiger partial charge in [-0.2, -0.15) is 0 Å². The highest BCUT2D eigenvalue weighted by Crippen LogP contribution is 2.08. The van der Waals surface area contributed by atoms with E-state index in [4.69, 9.17) is 15.2 Å². The van der Waals surface area contributed by atoms with Crippen LogP contribution in [0.2, 0.25) is 0 Å². The molecule has 0 amide bonds. The summed E-state index contributed by atoms with van der Waals surface area (Å²) in [6, 6.07) is 7.53. The van der Waals surface area contributed by atoms with Gasteiger partial charge in [0.1, 0.15) is 0 Å². The summed E-state index contributed by atoms with van der Waals surface area (Å²) < 4.78 is 10.2. The molecule has 0 aliphatic carbocycles. The lowest BCUT2D eigenvalue weighted by molar-refractivity contribution is -0.144. The van der Waals surface area contributed by atoms with E-state index in [2.05, 4.69) is 6.58 Å². The summed E-state index contributed by atoms with van der Waals surface area (Å²) in [6.45, 7) is 5.84. The summed E-state index contributed by atoms with van der Waals surface area (Å²) in [5.74, 6) is -0.571. The largest absolute Gasteiger partial charge is 0.465 e. The Balaban J connectivity index is 2.02. The van der Waals surface area contributed by atoms with Crippen molar-refractivity contribution in [2.24, 2.45) is 0 Å². The Bertz CT molecular complexity index is 540. The normalized spacial score (nSPS) is 10.1. The Morgan fingerprint density at radius 2 is 1.91 bits per heavy atom. The van der Waals surface area contributed by atoms with E-state index in [1.807, 2.05) is 24.3 Å². The van der Waals surface area contributed by atoms with Crippen molar-refractivity contribution in [3.63, 3.8) is 0 Å². The molecule has 0 unspecified atom stereocenters. The zero-order valence-electron chi connectivity index (χ0n) is 13.7. The van der Waals surface area contributed by atoms with Crippen LogP contribution in [0.1, 0.15) is 38.2 Å². The molecule has 5 nitrogen and oxygen atoms in total. The smallest absolute Gasteiger partial charge is 0.333 e. The topological polar surface area (TPSA) is 78.6 Å². The molecule has 0 aliphatic rings. The van der Waals surface area contributed by atoms with Gasteiger partial charge in [-0.25, -0.2) is 4.79 Å². The molecule has 0 bridgehead atoms. The van der Waals surface area contributed by atoms with Crippen molar-refractivity contribution >= 4 is 17.6 Å². The fourth-order valence-corrected chi connectivity index (χ4v) is 1.94. The van der Waals surface area contributed by atoms with Crippen molar-refractivity contribution in [3.8, 4) is 0 Å². The van der Waals surface area contributed by atoms with Crippen molar-refractivity contribution < 1.29 is 19.1 Å². The van der Waals surface area contributed by atoms with Crippen LogP contribution in [0.15, 0.2) is 36.4 Å².